The van der Waals surface area contributed by atoms with E-state index in [0.29, 0.717) is 64.0 Å². The van der Waals surface area contributed by atoms with Crippen LogP contribution in [0.3, 0.4) is 0 Å². The highest BCUT2D eigenvalue weighted by Gasteiger charge is 2.33. The lowest BCUT2D eigenvalue weighted by Crippen LogP contribution is -2.41. The van der Waals surface area contributed by atoms with E-state index in [1.165, 1.54) is 6.20 Å². The number of benzene rings is 1. The molecule has 5 rings (SSSR count). The number of nitrogens with zero attached hydrogens (tertiary/aromatic N) is 3. The molecule has 2 aliphatic heterocycles. The molecule has 2 aromatic heterocycles. The normalized spacial score (nSPS) is 16.8. The van der Waals surface area contributed by atoms with E-state index in [1.807, 2.05) is 6.07 Å². The van der Waals surface area contributed by atoms with Crippen LogP contribution >= 0.6 is 23.2 Å². The standard InChI is InChI=1S/C24H26Cl2N4O4/c1-3-30(14-5-8-33-9-6-14)19-10-18(25)15-4-7-29(24(32)20(15)21(19)26)12-17-16-11-27-34-22(16)13(2)28-23(17)31/h10-11,14H,3-9,12H2,1-2H3,(H,28,31). The molecule has 0 unspecified atom stereocenters. The monoisotopic (exact) mass is 504 g/mol. The number of aromatic amines is 1. The molecule has 8 nitrogen and oxygen atoms in total. The summed E-state index contributed by atoms with van der Waals surface area (Å²) in [6.45, 7) is 6.52. The summed E-state index contributed by atoms with van der Waals surface area (Å²) in [7, 11) is 0. The number of carbonyl (C=O) groups is 1. The van der Waals surface area contributed by atoms with Gasteiger partial charge in [-0.25, -0.2) is 0 Å². The van der Waals surface area contributed by atoms with Crippen LogP contribution in [0.5, 0.6) is 0 Å². The van der Waals surface area contributed by atoms with Crippen molar-refractivity contribution in [1.82, 2.24) is 15.0 Å². The van der Waals surface area contributed by atoms with Gasteiger partial charge in [0.1, 0.15) is 0 Å². The maximum Gasteiger partial charge on any atom is 0.256 e. The molecule has 0 aliphatic carbocycles. The van der Waals surface area contributed by atoms with Crippen molar-refractivity contribution in [3.8, 4) is 0 Å². The predicted octanol–water partition coefficient (Wildman–Crippen LogP) is 4.34. The molecular formula is C24H26Cl2N4O4. The van der Waals surface area contributed by atoms with E-state index >= 15 is 0 Å². The van der Waals surface area contributed by atoms with Crippen LogP contribution in [0, 0.1) is 6.92 Å². The van der Waals surface area contributed by atoms with Crippen LogP contribution in [0.25, 0.3) is 11.0 Å². The van der Waals surface area contributed by atoms with Crippen molar-refractivity contribution >= 4 is 45.8 Å². The lowest BCUT2D eigenvalue weighted by molar-refractivity contribution is 0.0727. The maximum absolute atomic E-state index is 13.7. The molecule has 1 N–H and O–H groups in total. The van der Waals surface area contributed by atoms with Crippen LogP contribution in [0.15, 0.2) is 21.6 Å². The van der Waals surface area contributed by atoms with E-state index in [1.54, 1.807) is 11.8 Å². The third-order valence-corrected chi connectivity index (χ3v) is 7.59. The minimum absolute atomic E-state index is 0.126. The summed E-state index contributed by atoms with van der Waals surface area (Å²) in [5, 5.41) is 5.39. The Morgan fingerprint density at radius 3 is 2.76 bits per heavy atom. The van der Waals surface area contributed by atoms with Crippen LogP contribution in [0.1, 0.15) is 46.9 Å². The first-order valence-corrected chi connectivity index (χ1v) is 12.3. The highest BCUT2D eigenvalue weighted by atomic mass is 35.5. The van der Waals surface area contributed by atoms with Gasteiger partial charge in [0, 0.05) is 42.9 Å². The fraction of sp³-hybridized carbons (Fsp3) is 0.458. The number of carbonyl (C=O) groups excluding carboxylic acids is 1. The first kappa shape index (κ1) is 23.2. The molecule has 10 heteroatoms. The van der Waals surface area contributed by atoms with E-state index in [0.717, 1.165) is 30.6 Å². The van der Waals surface area contributed by atoms with E-state index in [4.69, 9.17) is 32.5 Å². The topological polar surface area (TPSA) is 91.7 Å². The second kappa shape index (κ2) is 9.24. The van der Waals surface area contributed by atoms with Crippen LogP contribution in [-0.2, 0) is 17.7 Å². The van der Waals surface area contributed by atoms with Crippen LogP contribution < -0.4 is 10.5 Å². The molecule has 0 saturated carbocycles. The average Bonchev–Trinajstić information content (AvgIpc) is 3.32. The van der Waals surface area contributed by atoms with Crippen molar-refractivity contribution in [2.45, 2.75) is 45.7 Å². The zero-order chi connectivity index (χ0) is 24.0. The summed E-state index contributed by atoms with van der Waals surface area (Å²) < 4.78 is 10.8. The maximum atomic E-state index is 13.7. The molecule has 4 heterocycles. The minimum atomic E-state index is -0.263. The number of rotatable bonds is 5. The van der Waals surface area contributed by atoms with Gasteiger partial charge in [-0.3, -0.25) is 9.59 Å². The van der Waals surface area contributed by atoms with Gasteiger partial charge in [0.25, 0.3) is 11.5 Å². The molecule has 1 amide bonds. The number of aryl methyl sites for hydroxylation is 1. The summed E-state index contributed by atoms with van der Waals surface area (Å²) in [5.41, 5.74) is 3.24. The molecule has 34 heavy (non-hydrogen) atoms. The summed E-state index contributed by atoms with van der Waals surface area (Å²) in [6.07, 6.45) is 3.86. The quantitative estimate of drug-likeness (QED) is 0.555. The van der Waals surface area contributed by atoms with Gasteiger partial charge in [-0.2, -0.15) is 0 Å². The molecule has 0 atom stereocenters. The molecule has 0 radical (unpaired) electrons. The largest absolute Gasteiger partial charge is 0.381 e. The zero-order valence-corrected chi connectivity index (χ0v) is 20.6. The Balaban J connectivity index is 1.52. The van der Waals surface area contributed by atoms with E-state index in [2.05, 4.69) is 22.0 Å². The van der Waals surface area contributed by atoms with Gasteiger partial charge in [0.15, 0.2) is 5.58 Å². The highest BCUT2D eigenvalue weighted by Crippen LogP contribution is 2.41. The Bertz CT molecular complexity index is 1310. The van der Waals surface area contributed by atoms with Gasteiger partial charge in [0.05, 0.1) is 40.1 Å². The Morgan fingerprint density at radius 2 is 2.03 bits per heavy atom. The average molecular weight is 505 g/mol. The number of pyridine rings is 1. The van der Waals surface area contributed by atoms with Crippen molar-refractivity contribution in [3.05, 3.63) is 55.0 Å². The van der Waals surface area contributed by atoms with E-state index in [-0.39, 0.29) is 24.1 Å². The summed E-state index contributed by atoms with van der Waals surface area (Å²) in [5.74, 6) is -0.234. The summed E-state index contributed by atoms with van der Waals surface area (Å²) in [6, 6.07) is 2.16. The predicted molar refractivity (Wildman–Crippen MR) is 131 cm³/mol. The van der Waals surface area contributed by atoms with Gasteiger partial charge in [0.2, 0.25) is 0 Å². The molecule has 0 spiro atoms. The number of hydrogen-bond acceptors (Lipinski definition) is 6. The number of fused-ring (bicyclic) bond motifs is 2. The molecule has 180 valence electrons. The number of halogens is 2. The lowest BCUT2D eigenvalue weighted by Gasteiger charge is -2.37. The second-order valence-electron chi connectivity index (χ2n) is 8.78. The van der Waals surface area contributed by atoms with E-state index < -0.39 is 0 Å². The highest BCUT2D eigenvalue weighted by molar-refractivity contribution is 6.39. The van der Waals surface area contributed by atoms with Crippen molar-refractivity contribution in [1.29, 1.82) is 0 Å². The van der Waals surface area contributed by atoms with Crippen molar-refractivity contribution in [2.75, 3.05) is 31.2 Å². The van der Waals surface area contributed by atoms with Crippen molar-refractivity contribution in [3.63, 3.8) is 0 Å². The van der Waals surface area contributed by atoms with Gasteiger partial charge in [-0.15, -0.1) is 0 Å². The fourth-order valence-corrected chi connectivity index (χ4v) is 5.75. The van der Waals surface area contributed by atoms with Gasteiger partial charge in [-0.1, -0.05) is 28.4 Å². The Hall–Kier alpha value is -2.55. The van der Waals surface area contributed by atoms with Crippen molar-refractivity contribution in [2.24, 2.45) is 0 Å². The first-order valence-electron chi connectivity index (χ1n) is 11.5. The Labute approximate surface area is 206 Å². The smallest absolute Gasteiger partial charge is 0.256 e. The number of hydrogen-bond donors (Lipinski definition) is 1. The third kappa shape index (κ3) is 3.87. The Morgan fingerprint density at radius 1 is 1.26 bits per heavy atom. The van der Waals surface area contributed by atoms with Crippen molar-refractivity contribution < 1.29 is 14.1 Å². The Kier molecular flexibility index (Phi) is 6.31. The number of nitrogens with one attached hydrogen (secondary N) is 1. The summed E-state index contributed by atoms with van der Waals surface area (Å²) in [4.78, 5) is 33.1. The number of aromatic nitrogens is 2. The van der Waals surface area contributed by atoms with Crippen LogP contribution in [-0.4, -0.2) is 53.3 Å². The number of H-pyrrole nitrogens is 1. The second-order valence-corrected chi connectivity index (χ2v) is 9.56. The third-order valence-electron chi connectivity index (χ3n) is 6.87. The number of ether oxygens (including phenoxy) is 1. The SMILES string of the molecule is CCN(c1cc(Cl)c2c(c1Cl)C(=O)N(Cc1c(=O)[nH]c(C)c3oncc13)CC2)C1CCOCC1. The minimum Gasteiger partial charge on any atom is -0.381 e. The zero-order valence-electron chi connectivity index (χ0n) is 19.1. The molecule has 0 bridgehead atoms. The fourth-order valence-electron chi connectivity index (χ4n) is 5.10. The lowest BCUT2D eigenvalue weighted by atomic mass is 9.96. The molecule has 3 aromatic rings. The van der Waals surface area contributed by atoms with Gasteiger partial charge in [-0.05, 0) is 44.7 Å². The molecule has 1 aromatic carbocycles. The van der Waals surface area contributed by atoms with Crippen LogP contribution in [0.2, 0.25) is 10.0 Å². The molecular weight excluding hydrogens is 479 g/mol. The summed E-state index contributed by atoms with van der Waals surface area (Å²) >= 11 is 13.6. The van der Waals surface area contributed by atoms with E-state index in [9.17, 15) is 9.59 Å². The molecule has 1 fully saturated rings. The molecule has 1 saturated heterocycles. The number of anilines is 1. The van der Waals surface area contributed by atoms with Gasteiger partial charge >= 0.3 is 0 Å². The number of amides is 1. The van der Waals surface area contributed by atoms with Crippen LogP contribution in [0.4, 0.5) is 5.69 Å². The molecule has 2 aliphatic rings. The van der Waals surface area contributed by atoms with Gasteiger partial charge < -0.3 is 24.0 Å². The first-order chi connectivity index (χ1) is 16.4.